The number of sulfonamides is 1. The van der Waals surface area contributed by atoms with E-state index < -0.39 is 10.0 Å². The Morgan fingerprint density at radius 3 is 2.78 bits per heavy atom. The Morgan fingerprint density at radius 2 is 2.06 bits per heavy atom. The van der Waals surface area contributed by atoms with Gasteiger partial charge in [0.15, 0.2) is 0 Å². The van der Waals surface area contributed by atoms with Gasteiger partial charge in [-0.25, -0.2) is 18.1 Å². The van der Waals surface area contributed by atoms with E-state index in [1.54, 1.807) is 18.2 Å². The van der Waals surface area contributed by atoms with Gasteiger partial charge in [0.05, 0.1) is 16.6 Å². The highest BCUT2D eigenvalue weighted by Gasteiger charge is 2.22. The fourth-order valence-corrected chi connectivity index (χ4v) is 5.28. The van der Waals surface area contributed by atoms with E-state index >= 15 is 0 Å². The summed E-state index contributed by atoms with van der Waals surface area (Å²) in [6.45, 7) is 6.95. The van der Waals surface area contributed by atoms with Crippen LogP contribution in [0, 0.1) is 11.8 Å². The van der Waals surface area contributed by atoms with Crippen LogP contribution in [0.25, 0.3) is 5.57 Å². The molecular weight excluding hydrogens is 424 g/mol. The lowest BCUT2D eigenvalue weighted by Crippen LogP contribution is -2.29. The lowest BCUT2D eigenvalue weighted by Gasteiger charge is -2.24. The van der Waals surface area contributed by atoms with Crippen LogP contribution in [0.2, 0.25) is 0 Å². The first-order valence-corrected chi connectivity index (χ1v) is 12.9. The monoisotopic (exact) mass is 456 g/mol. The maximum atomic E-state index is 13.0. The van der Waals surface area contributed by atoms with E-state index in [4.69, 9.17) is 4.74 Å². The van der Waals surface area contributed by atoms with Gasteiger partial charge in [0.1, 0.15) is 6.61 Å². The molecule has 2 aromatic rings. The summed E-state index contributed by atoms with van der Waals surface area (Å²) in [5.74, 6) is 1.57. The molecule has 172 valence electrons. The fraction of sp³-hybridized carbons (Fsp3) is 0.500. The number of nitrogens with zero attached hydrogens (tertiary/aromatic N) is 2. The van der Waals surface area contributed by atoms with Gasteiger partial charge in [0.2, 0.25) is 11.8 Å². The Kier molecular flexibility index (Phi) is 6.69. The van der Waals surface area contributed by atoms with E-state index in [1.165, 1.54) is 0 Å². The summed E-state index contributed by atoms with van der Waals surface area (Å²) in [6.07, 6.45) is 7.30. The lowest BCUT2D eigenvalue weighted by atomic mass is 9.87. The summed E-state index contributed by atoms with van der Waals surface area (Å²) in [5, 5.41) is 3.43. The number of aromatic nitrogens is 2. The molecule has 0 saturated heterocycles. The Bertz CT molecular complexity index is 1100. The van der Waals surface area contributed by atoms with Crippen LogP contribution < -0.4 is 14.8 Å². The van der Waals surface area contributed by atoms with Gasteiger partial charge < -0.3 is 10.1 Å². The van der Waals surface area contributed by atoms with E-state index in [-0.39, 0.29) is 16.9 Å². The van der Waals surface area contributed by atoms with Gasteiger partial charge in [0, 0.05) is 11.8 Å². The molecule has 2 heterocycles. The predicted molar refractivity (Wildman–Crippen MR) is 127 cm³/mol. The highest BCUT2D eigenvalue weighted by molar-refractivity contribution is 7.92. The standard InChI is InChI=1S/C24H32N4O3S/c1-4-17-8-10-18(11-9-17)22-14-23-27-24(26-22)28-32(29,30)21-7-5-6-19(13-21)25-20(15-31-23)12-16(2)3/h5-7,10,13-14,16-17,20,25H,4,8-9,11-12,15H2,1-3H3,(H,26,27,28)/t17?,20-/m1/s1. The summed E-state index contributed by atoms with van der Waals surface area (Å²) in [7, 11) is -3.84. The quantitative estimate of drug-likeness (QED) is 0.666. The van der Waals surface area contributed by atoms with Crippen LogP contribution in [0.5, 0.6) is 5.88 Å². The second-order valence-corrected chi connectivity index (χ2v) is 10.8. The van der Waals surface area contributed by atoms with Crippen molar-refractivity contribution in [3.8, 4) is 5.88 Å². The molecule has 8 heteroatoms. The molecule has 0 saturated carbocycles. The fourth-order valence-electron chi connectivity index (χ4n) is 4.29. The molecule has 1 aromatic carbocycles. The van der Waals surface area contributed by atoms with Gasteiger partial charge in [-0.3, -0.25) is 0 Å². The molecular formula is C24H32N4O3S. The smallest absolute Gasteiger partial charge is 0.264 e. The third-order valence-electron chi connectivity index (χ3n) is 6.06. The number of fused-ring (bicyclic) bond motifs is 4. The molecule has 1 unspecified atom stereocenters. The van der Waals surface area contributed by atoms with Crippen molar-refractivity contribution in [1.82, 2.24) is 9.97 Å². The number of hydrogen-bond acceptors (Lipinski definition) is 6. The Balaban J connectivity index is 1.73. The molecule has 0 radical (unpaired) electrons. The van der Waals surface area contributed by atoms with Gasteiger partial charge in [-0.15, -0.1) is 0 Å². The number of hydrogen-bond donors (Lipinski definition) is 2. The van der Waals surface area contributed by atoms with E-state index in [1.807, 2.05) is 12.1 Å². The van der Waals surface area contributed by atoms with Gasteiger partial charge in [-0.2, -0.15) is 4.98 Å². The molecule has 2 aliphatic rings. The molecule has 32 heavy (non-hydrogen) atoms. The van der Waals surface area contributed by atoms with Crippen LogP contribution in [-0.2, 0) is 10.0 Å². The zero-order valence-corrected chi connectivity index (χ0v) is 19.8. The number of rotatable bonds is 4. The molecule has 4 rings (SSSR count). The molecule has 0 spiro atoms. The molecule has 1 aliphatic carbocycles. The minimum atomic E-state index is -3.84. The van der Waals surface area contributed by atoms with Crippen molar-refractivity contribution in [2.75, 3.05) is 16.6 Å². The van der Waals surface area contributed by atoms with Crippen molar-refractivity contribution < 1.29 is 13.2 Å². The van der Waals surface area contributed by atoms with Crippen LogP contribution in [0.15, 0.2) is 41.3 Å². The largest absolute Gasteiger partial charge is 0.475 e. The molecule has 7 nitrogen and oxygen atoms in total. The Hall–Kier alpha value is -2.61. The molecule has 1 aliphatic heterocycles. The highest BCUT2D eigenvalue weighted by Crippen LogP contribution is 2.33. The minimum absolute atomic E-state index is 0.0152. The first kappa shape index (κ1) is 22.6. The topological polar surface area (TPSA) is 93.2 Å². The van der Waals surface area contributed by atoms with Crippen LogP contribution in [-0.4, -0.2) is 31.0 Å². The number of nitrogens with one attached hydrogen (secondary N) is 2. The van der Waals surface area contributed by atoms with Crippen LogP contribution >= 0.6 is 0 Å². The highest BCUT2D eigenvalue weighted by atomic mass is 32.2. The second-order valence-electron chi connectivity index (χ2n) is 9.11. The van der Waals surface area contributed by atoms with Crippen molar-refractivity contribution >= 4 is 27.2 Å². The average Bonchev–Trinajstić information content (AvgIpc) is 2.76. The SMILES string of the molecule is CCC1CC=C(c2cc3nc(n2)NS(=O)(=O)c2cccc(c2)N[C@H](CC(C)C)CO3)CC1. The molecule has 2 atom stereocenters. The zero-order valence-electron chi connectivity index (χ0n) is 19.0. The van der Waals surface area contributed by atoms with Crippen molar-refractivity contribution in [2.45, 2.75) is 63.8 Å². The normalized spacial score (nSPS) is 22.4. The van der Waals surface area contributed by atoms with E-state index in [0.29, 0.717) is 24.3 Å². The van der Waals surface area contributed by atoms with Gasteiger partial charge >= 0.3 is 0 Å². The Labute approximate surface area is 190 Å². The van der Waals surface area contributed by atoms with Crippen molar-refractivity contribution in [1.29, 1.82) is 0 Å². The number of ether oxygens (including phenoxy) is 1. The third-order valence-corrected chi connectivity index (χ3v) is 7.38. The molecule has 1 aromatic heterocycles. The summed E-state index contributed by atoms with van der Waals surface area (Å²) >= 11 is 0. The van der Waals surface area contributed by atoms with Gasteiger partial charge in [0.25, 0.3) is 10.0 Å². The van der Waals surface area contributed by atoms with Crippen LogP contribution in [0.1, 0.15) is 58.6 Å². The first-order valence-electron chi connectivity index (χ1n) is 11.4. The maximum absolute atomic E-state index is 13.0. The zero-order chi connectivity index (χ0) is 22.7. The summed E-state index contributed by atoms with van der Waals surface area (Å²) in [5.41, 5.74) is 2.58. The summed E-state index contributed by atoms with van der Waals surface area (Å²) < 4.78 is 34.7. The predicted octanol–water partition coefficient (Wildman–Crippen LogP) is 5.09. The van der Waals surface area contributed by atoms with Crippen molar-refractivity contribution in [3.63, 3.8) is 0 Å². The Morgan fingerprint density at radius 1 is 1.22 bits per heavy atom. The second kappa shape index (κ2) is 9.48. The van der Waals surface area contributed by atoms with Crippen molar-refractivity contribution in [3.05, 3.63) is 42.1 Å². The van der Waals surface area contributed by atoms with Crippen molar-refractivity contribution in [2.24, 2.45) is 11.8 Å². The van der Waals surface area contributed by atoms with Crippen LogP contribution in [0.4, 0.5) is 11.6 Å². The summed E-state index contributed by atoms with van der Waals surface area (Å²) in [4.78, 5) is 9.08. The average molecular weight is 457 g/mol. The molecule has 4 bridgehead atoms. The van der Waals surface area contributed by atoms with Gasteiger partial charge in [-0.1, -0.05) is 39.3 Å². The number of allylic oxidation sites excluding steroid dienone is 2. The molecule has 2 N–H and O–H groups in total. The van der Waals surface area contributed by atoms with E-state index in [0.717, 1.165) is 49.1 Å². The van der Waals surface area contributed by atoms with E-state index in [2.05, 4.69) is 46.9 Å². The maximum Gasteiger partial charge on any atom is 0.264 e. The minimum Gasteiger partial charge on any atom is -0.475 e. The van der Waals surface area contributed by atoms with E-state index in [9.17, 15) is 8.42 Å². The number of anilines is 2. The van der Waals surface area contributed by atoms with Crippen LogP contribution in [0.3, 0.4) is 0 Å². The first-order chi connectivity index (χ1) is 15.3. The number of benzene rings is 1. The summed E-state index contributed by atoms with van der Waals surface area (Å²) in [6, 6.07) is 8.65. The lowest BCUT2D eigenvalue weighted by molar-refractivity contribution is 0.271. The third kappa shape index (κ3) is 5.41. The molecule has 0 fully saturated rings. The molecule has 0 amide bonds. The van der Waals surface area contributed by atoms with Gasteiger partial charge in [-0.05, 0) is 61.3 Å².